The van der Waals surface area contributed by atoms with Gasteiger partial charge in [0.15, 0.2) is 18.2 Å². The number of esters is 4. The standard InChI is InChI=1S/C20H28O13/c1-10(21)8-16(26)28-6-7-29-19-17(27)18(31-13(4)24)20(11(2)22,33-14(5)25)15(32-19)9-30-12(3)23/h15,17-19,27H,6-9H2,1-5H3/t15-,17-,18-,19+,20-/m1/s1. The average Bonchev–Trinajstić information content (AvgIpc) is 2.66. The predicted octanol–water partition coefficient (Wildman–Crippen LogP) is -1.00. The van der Waals surface area contributed by atoms with E-state index in [4.69, 9.17) is 28.4 Å². The molecule has 1 N–H and O–H groups in total. The quantitative estimate of drug-likeness (QED) is 0.166. The van der Waals surface area contributed by atoms with Crippen molar-refractivity contribution < 1.29 is 62.3 Å². The number of aliphatic hydroxyl groups is 1. The molecule has 0 spiro atoms. The van der Waals surface area contributed by atoms with Crippen LogP contribution in [0.15, 0.2) is 0 Å². The fourth-order valence-electron chi connectivity index (χ4n) is 3.19. The smallest absolute Gasteiger partial charge is 0.313 e. The molecule has 1 heterocycles. The second-order valence-corrected chi connectivity index (χ2v) is 7.23. The van der Waals surface area contributed by atoms with E-state index < -0.39 is 78.7 Å². The van der Waals surface area contributed by atoms with E-state index in [1.54, 1.807) is 0 Å². The van der Waals surface area contributed by atoms with Crippen molar-refractivity contribution in [2.45, 2.75) is 71.2 Å². The van der Waals surface area contributed by atoms with Crippen molar-refractivity contribution in [1.29, 1.82) is 0 Å². The third kappa shape index (κ3) is 7.87. The van der Waals surface area contributed by atoms with Gasteiger partial charge in [0.1, 0.15) is 37.6 Å². The number of aliphatic hydroxyl groups excluding tert-OH is 1. The summed E-state index contributed by atoms with van der Waals surface area (Å²) in [4.78, 5) is 69.9. The number of carbonyl (C=O) groups excluding carboxylic acids is 6. The Balaban J connectivity index is 3.17. The van der Waals surface area contributed by atoms with Gasteiger partial charge in [-0.05, 0) is 13.8 Å². The summed E-state index contributed by atoms with van der Waals surface area (Å²) in [6, 6.07) is 0. The van der Waals surface area contributed by atoms with E-state index in [1.165, 1.54) is 6.92 Å². The van der Waals surface area contributed by atoms with E-state index in [2.05, 4.69) is 0 Å². The maximum Gasteiger partial charge on any atom is 0.313 e. The third-order valence-corrected chi connectivity index (χ3v) is 4.40. The molecular formula is C20H28O13. The summed E-state index contributed by atoms with van der Waals surface area (Å²) >= 11 is 0. The molecule has 0 aromatic rings. The highest BCUT2D eigenvalue weighted by atomic mass is 16.7. The molecule has 13 nitrogen and oxygen atoms in total. The van der Waals surface area contributed by atoms with Crippen molar-refractivity contribution >= 4 is 35.4 Å². The molecule has 0 amide bonds. The summed E-state index contributed by atoms with van der Waals surface area (Å²) in [6.07, 6.45) is -7.13. The summed E-state index contributed by atoms with van der Waals surface area (Å²) in [5, 5.41) is 10.8. The maximum absolute atomic E-state index is 12.7. The van der Waals surface area contributed by atoms with E-state index in [-0.39, 0.29) is 13.2 Å². The summed E-state index contributed by atoms with van der Waals surface area (Å²) in [5.41, 5.74) is -2.35. The highest BCUT2D eigenvalue weighted by Crippen LogP contribution is 2.37. The first kappa shape index (κ1) is 28.1. The number of carbonyl (C=O) groups is 6. The minimum Gasteiger partial charge on any atom is -0.463 e. The summed E-state index contributed by atoms with van der Waals surface area (Å²) in [7, 11) is 0. The van der Waals surface area contributed by atoms with Gasteiger partial charge in [-0.15, -0.1) is 0 Å². The van der Waals surface area contributed by atoms with Gasteiger partial charge in [-0.2, -0.15) is 0 Å². The number of ketones is 2. The largest absolute Gasteiger partial charge is 0.463 e. The number of rotatable bonds is 11. The first-order valence-electron chi connectivity index (χ1n) is 9.92. The molecule has 0 aliphatic carbocycles. The van der Waals surface area contributed by atoms with Crippen molar-refractivity contribution in [1.82, 2.24) is 0 Å². The van der Waals surface area contributed by atoms with Crippen LogP contribution in [-0.2, 0) is 57.2 Å². The summed E-state index contributed by atoms with van der Waals surface area (Å²) < 4.78 is 31.0. The molecule has 0 aromatic heterocycles. The van der Waals surface area contributed by atoms with Crippen LogP contribution in [0.2, 0.25) is 0 Å². The molecule has 1 fully saturated rings. The van der Waals surface area contributed by atoms with E-state index in [9.17, 15) is 33.9 Å². The molecule has 1 rings (SSSR count). The Hall–Kier alpha value is -2.90. The molecule has 0 radical (unpaired) electrons. The van der Waals surface area contributed by atoms with E-state index >= 15 is 0 Å². The zero-order valence-corrected chi connectivity index (χ0v) is 19.0. The molecule has 33 heavy (non-hydrogen) atoms. The van der Waals surface area contributed by atoms with Gasteiger partial charge >= 0.3 is 23.9 Å². The Labute approximate surface area is 189 Å². The van der Waals surface area contributed by atoms with E-state index in [1.807, 2.05) is 0 Å². The monoisotopic (exact) mass is 476 g/mol. The minimum atomic E-state index is -2.35. The molecular weight excluding hydrogens is 448 g/mol. The van der Waals surface area contributed by atoms with Gasteiger partial charge in [-0.25, -0.2) is 0 Å². The van der Waals surface area contributed by atoms with Gasteiger partial charge < -0.3 is 33.5 Å². The average molecular weight is 476 g/mol. The topological polar surface area (TPSA) is 178 Å². The van der Waals surface area contributed by atoms with Crippen molar-refractivity contribution in [2.24, 2.45) is 0 Å². The van der Waals surface area contributed by atoms with Gasteiger partial charge in [-0.1, -0.05) is 0 Å². The normalized spacial score (nSPS) is 26.6. The fraction of sp³-hybridized carbons (Fsp3) is 0.700. The van der Waals surface area contributed by atoms with Crippen molar-refractivity contribution in [3.05, 3.63) is 0 Å². The molecule has 186 valence electrons. The summed E-state index contributed by atoms with van der Waals surface area (Å²) in [6.45, 7) is 4.08. The second kappa shape index (κ2) is 12.4. The fourth-order valence-corrected chi connectivity index (χ4v) is 3.19. The molecule has 13 heteroatoms. The Morgan fingerprint density at radius 1 is 0.879 bits per heavy atom. The Bertz CT molecular complexity index is 776. The first-order valence-corrected chi connectivity index (χ1v) is 9.92. The lowest BCUT2D eigenvalue weighted by atomic mass is 9.80. The minimum absolute atomic E-state index is 0.312. The zero-order valence-electron chi connectivity index (χ0n) is 19.0. The molecule has 0 saturated carbocycles. The van der Waals surface area contributed by atoms with Crippen LogP contribution in [0, 0.1) is 0 Å². The molecule has 0 bridgehead atoms. The lowest BCUT2D eigenvalue weighted by Gasteiger charge is -2.49. The van der Waals surface area contributed by atoms with Crippen LogP contribution in [0.4, 0.5) is 0 Å². The highest BCUT2D eigenvalue weighted by molar-refractivity contribution is 5.94. The number of Topliss-reactive ketones (excluding diaryl/α,β-unsaturated/α-hetero) is 2. The maximum atomic E-state index is 12.7. The van der Waals surface area contributed by atoms with Crippen molar-refractivity contribution in [2.75, 3.05) is 19.8 Å². The van der Waals surface area contributed by atoms with Crippen molar-refractivity contribution in [3.63, 3.8) is 0 Å². The van der Waals surface area contributed by atoms with Gasteiger partial charge in [0.25, 0.3) is 0 Å². The molecule has 1 aliphatic rings. The molecule has 5 atom stereocenters. The number of ether oxygens (including phenoxy) is 6. The Morgan fingerprint density at radius 3 is 2.00 bits per heavy atom. The van der Waals surface area contributed by atoms with Crippen LogP contribution in [0.5, 0.6) is 0 Å². The molecule has 1 saturated heterocycles. The van der Waals surface area contributed by atoms with E-state index in [0.29, 0.717) is 0 Å². The molecule has 1 aliphatic heterocycles. The van der Waals surface area contributed by atoms with Gasteiger partial charge in [0.2, 0.25) is 5.60 Å². The first-order chi connectivity index (χ1) is 15.3. The second-order valence-electron chi connectivity index (χ2n) is 7.23. The SMILES string of the molecule is CC(=O)CC(=O)OCCO[C@H]1O[C@H](COC(C)=O)[C@](OC(C)=O)(C(C)=O)[C@H](OC(C)=O)[C@H]1O. The van der Waals surface area contributed by atoms with Crippen molar-refractivity contribution in [3.8, 4) is 0 Å². The van der Waals surface area contributed by atoms with Crippen LogP contribution < -0.4 is 0 Å². The van der Waals surface area contributed by atoms with Gasteiger partial charge in [0.05, 0.1) is 6.61 Å². The van der Waals surface area contributed by atoms with Crippen LogP contribution in [0.1, 0.15) is 41.0 Å². The predicted molar refractivity (Wildman–Crippen MR) is 104 cm³/mol. The Morgan fingerprint density at radius 2 is 1.52 bits per heavy atom. The van der Waals surface area contributed by atoms with Gasteiger partial charge in [-0.3, -0.25) is 28.8 Å². The third-order valence-electron chi connectivity index (χ3n) is 4.40. The van der Waals surface area contributed by atoms with Crippen LogP contribution in [0.3, 0.4) is 0 Å². The lowest BCUT2D eigenvalue weighted by Crippen LogP contribution is -2.72. The highest BCUT2D eigenvalue weighted by Gasteiger charge is 2.64. The van der Waals surface area contributed by atoms with E-state index in [0.717, 1.165) is 27.7 Å². The van der Waals surface area contributed by atoms with Crippen LogP contribution in [-0.4, -0.2) is 90.6 Å². The summed E-state index contributed by atoms with van der Waals surface area (Å²) in [5.74, 6) is -4.65. The van der Waals surface area contributed by atoms with Gasteiger partial charge in [0, 0.05) is 20.8 Å². The van der Waals surface area contributed by atoms with Crippen LogP contribution >= 0.6 is 0 Å². The number of hydrogen-bond acceptors (Lipinski definition) is 13. The molecule has 0 unspecified atom stereocenters. The molecule has 0 aromatic carbocycles. The van der Waals surface area contributed by atoms with Crippen LogP contribution in [0.25, 0.3) is 0 Å². The lowest BCUT2D eigenvalue weighted by molar-refractivity contribution is -0.326. The Kier molecular flexibility index (Phi) is 10.5. The zero-order chi connectivity index (χ0) is 25.3. The number of hydrogen-bond donors (Lipinski definition) is 1.